The lowest BCUT2D eigenvalue weighted by molar-refractivity contribution is -0.145. The first-order valence-corrected chi connectivity index (χ1v) is 7.70. The van der Waals surface area contributed by atoms with Gasteiger partial charge in [-0.2, -0.15) is 0 Å². The third-order valence-electron chi connectivity index (χ3n) is 3.11. The van der Waals surface area contributed by atoms with Crippen LogP contribution in [0.4, 0.5) is 0 Å². The van der Waals surface area contributed by atoms with Gasteiger partial charge in [0.15, 0.2) is 6.61 Å². The van der Waals surface area contributed by atoms with Gasteiger partial charge in [0.1, 0.15) is 5.75 Å². The third-order valence-corrected chi connectivity index (χ3v) is 3.57. The number of aryl methyl sites for hydroxylation is 1. The topological polar surface area (TPSA) is 47.6 Å². The van der Waals surface area contributed by atoms with Crippen molar-refractivity contribution in [2.24, 2.45) is 0 Å². The smallest absolute Gasteiger partial charge is 0.344 e. The molecule has 0 aromatic heterocycles. The van der Waals surface area contributed by atoms with Crippen molar-refractivity contribution in [2.75, 3.05) is 13.2 Å². The molecule has 1 saturated carbocycles. The number of rotatable bonds is 7. The molecule has 5 heteroatoms. The van der Waals surface area contributed by atoms with Crippen LogP contribution in [0.25, 0.3) is 0 Å². The first kappa shape index (κ1) is 15.3. The van der Waals surface area contributed by atoms with Crippen LogP contribution in [-0.4, -0.2) is 25.2 Å². The van der Waals surface area contributed by atoms with Crippen LogP contribution >= 0.6 is 15.9 Å². The highest BCUT2D eigenvalue weighted by Crippen LogP contribution is 2.29. The number of esters is 1. The number of benzene rings is 1. The molecule has 4 nitrogen and oxygen atoms in total. The minimum atomic E-state index is -0.337. The van der Waals surface area contributed by atoms with Crippen LogP contribution in [0.3, 0.4) is 0 Å². The lowest BCUT2D eigenvalue weighted by Crippen LogP contribution is -2.19. The molecule has 1 aliphatic rings. The standard InChI is InChI=1S/C15H20BrNO3/c1-3-19-14(18)9-20-15-10(2)6-12(16)7-11(15)8-17-13-4-5-13/h6-7,13,17H,3-5,8-9H2,1-2H3. The lowest BCUT2D eigenvalue weighted by atomic mass is 10.1. The Hall–Kier alpha value is -1.07. The van der Waals surface area contributed by atoms with E-state index < -0.39 is 0 Å². The van der Waals surface area contributed by atoms with Gasteiger partial charge in [-0.3, -0.25) is 0 Å². The Morgan fingerprint density at radius 1 is 1.45 bits per heavy atom. The van der Waals surface area contributed by atoms with Crippen molar-refractivity contribution >= 4 is 21.9 Å². The summed E-state index contributed by atoms with van der Waals surface area (Å²) in [4.78, 5) is 11.4. The van der Waals surface area contributed by atoms with Crippen molar-refractivity contribution in [3.8, 4) is 5.75 Å². The zero-order chi connectivity index (χ0) is 14.5. The maximum absolute atomic E-state index is 11.4. The second-order valence-corrected chi connectivity index (χ2v) is 5.88. The summed E-state index contributed by atoms with van der Waals surface area (Å²) in [6, 6.07) is 4.65. The molecule has 0 atom stereocenters. The first-order chi connectivity index (χ1) is 9.60. The SMILES string of the molecule is CCOC(=O)COc1c(C)cc(Br)cc1CNC1CC1. The van der Waals surface area contributed by atoms with Gasteiger partial charge in [0.2, 0.25) is 0 Å². The predicted octanol–water partition coefficient (Wildman–Crippen LogP) is 2.95. The normalized spacial score (nSPS) is 14.2. The Labute approximate surface area is 128 Å². The molecule has 0 aliphatic heterocycles. The van der Waals surface area contributed by atoms with Gasteiger partial charge < -0.3 is 14.8 Å². The number of carbonyl (C=O) groups excluding carboxylic acids is 1. The minimum Gasteiger partial charge on any atom is -0.481 e. The second-order valence-electron chi connectivity index (χ2n) is 4.96. The Morgan fingerprint density at radius 2 is 2.20 bits per heavy atom. The van der Waals surface area contributed by atoms with Crippen molar-refractivity contribution in [3.63, 3.8) is 0 Å². The van der Waals surface area contributed by atoms with E-state index in [0.717, 1.165) is 27.9 Å². The van der Waals surface area contributed by atoms with Gasteiger partial charge in [0.05, 0.1) is 6.61 Å². The Kier molecular flexibility index (Phi) is 5.43. The van der Waals surface area contributed by atoms with Crippen LogP contribution in [-0.2, 0) is 16.1 Å². The van der Waals surface area contributed by atoms with Gasteiger partial charge in [0.25, 0.3) is 0 Å². The molecule has 1 N–H and O–H groups in total. The van der Waals surface area contributed by atoms with Crippen LogP contribution in [0.1, 0.15) is 30.9 Å². The second kappa shape index (κ2) is 7.09. The van der Waals surface area contributed by atoms with Gasteiger partial charge >= 0.3 is 5.97 Å². The fraction of sp³-hybridized carbons (Fsp3) is 0.533. The molecular formula is C15H20BrNO3. The summed E-state index contributed by atoms with van der Waals surface area (Å²) >= 11 is 3.50. The summed E-state index contributed by atoms with van der Waals surface area (Å²) in [5.74, 6) is 0.435. The molecule has 0 amide bonds. The van der Waals surface area contributed by atoms with E-state index in [-0.39, 0.29) is 12.6 Å². The molecule has 0 bridgehead atoms. The Balaban J connectivity index is 2.05. The molecule has 1 aliphatic carbocycles. The maximum Gasteiger partial charge on any atom is 0.344 e. The molecule has 1 aromatic carbocycles. The molecule has 20 heavy (non-hydrogen) atoms. The Bertz CT molecular complexity index is 486. The van der Waals surface area contributed by atoms with Crippen molar-refractivity contribution in [1.29, 1.82) is 0 Å². The van der Waals surface area contributed by atoms with E-state index in [1.165, 1.54) is 12.8 Å². The highest BCUT2D eigenvalue weighted by molar-refractivity contribution is 9.10. The molecule has 0 unspecified atom stereocenters. The van der Waals surface area contributed by atoms with E-state index in [1.54, 1.807) is 6.92 Å². The van der Waals surface area contributed by atoms with Crippen LogP contribution in [0, 0.1) is 6.92 Å². The van der Waals surface area contributed by atoms with Gasteiger partial charge in [-0.1, -0.05) is 15.9 Å². The summed E-state index contributed by atoms with van der Waals surface area (Å²) in [6.45, 7) is 4.84. The largest absolute Gasteiger partial charge is 0.481 e. The maximum atomic E-state index is 11.4. The lowest BCUT2D eigenvalue weighted by Gasteiger charge is -2.15. The molecule has 1 aromatic rings. The summed E-state index contributed by atoms with van der Waals surface area (Å²) in [7, 11) is 0. The van der Waals surface area contributed by atoms with Gasteiger partial charge in [-0.15, -0.1) is 0 Å². The zero-order valence-electron chi connectivity index (χ0n) is 11.9. The van der Waals surface area contributed by atoms with Crippen molar-refractivity contribution in [1.82, 2.24) is 5.32 Å². The molecule has 0 saturated heterocycles. The number of ether oxygens (including phenoxy) is 2. The molecular weight excluding hydrogens is 322 g/mol. The first-order valence-electron chi connectivity index (χ1n) is 6.91. The average Bonchev–Trinajstić information content (AvgIpc) is 3.19. The summed E-state index contributed by atoms with van der Waals surface area (Å²) in [5.41, 5.74) is 2.07. The van der Waals surface area contributed by atoms with Crippen LogP contribution in [0.5, 0.6) is 5.75 Å². The fourth-order valence-corrected chi connectivity index (χ4v) is 2.63. The van der Waals surface area contributed by atoms with E-state index in [0.29, 0.717) is 12.6 Å². The molecule has 0 spiro atoms. The number of hydrogen-bond acceptors (Lipinski definition) is 4. The molecule has 110 valence electrons. The van der Waals surface area contributed by atoms with Gasteiger partial charge in [-0.25, -0.2) is 4.79 Å². The van der Waals surface area contributed by atoms with Crippen molar-refractivity contribution in [3.05, 3.63) is 27.7 Å². The van der Waals surface area contributed by atoms with Gasteiger partial charge in [0, 0.05) is 22.6 Å². The van der Waals surface area contributed by atoms with Crippen molar-refractivity contribution < 1.29 is 14.3 Å². The summed E-state index contributed by atoms with van der Waals surface area (Å²) < 4.78 is 11.6. The fourth-order valence-electron chi connectivity index (χ4n) is 2.01. The van der Waals surface area contributed by atoms with Crippen LogP contribution in [0.15, 0.2) is 16.6 Å². The van der Waals surface area contributed by atoms with E-state index in [1.807, 2.05) is 19.1 Å². The molecule has 1 fully saturated rings. The number of halogens is 1. The van der Waals surface area contributed by atoms with Crippen LogP contribution < -0.4 is 10.1 Å². The highest BCUT2D eigenvalue weighted by atomic mass is 79.9. The Morgan fingerprint density at radius 3 is 2.85 bits per heavy atom. The summed E-state index contributed by atoms with van der Waals surface area (Å²) in [6.07, 6.45) is 2.48. The number of carbonyl (C=O) groups is 1. The minimum absolute atomic E-state index is 0.0489. The quantitative estimate of drug-likeness (QED) is 0.774. The summed E-state index contributed by atoms with van der Waals surface area (Å²) in [5, 5.41) is 3.46. The predicted molar refractivity (Wildman–Crippen MR) is 80.9 cm³/mol. The van der Waals surface area contributed by atoms with E-state index in [9.17, 15) is 4.79 Å². The number of nitrogens with one attached hydrogen (secondary N) is 1. The van der Waals surface area contributed by atoms with Gasteiger partial charge in [-0.05, 0) is 44.4 Å². The average molecular weight is 342 g/mol. The van der Waals surface area contributed by atoms with E-state index in [4.69, 9.17) is 9.47 Å². The van der Waals surface area contributed by atoms with Crippen molar-refractivity contribution in [2.45, 2.75) is 39.3 Å². The van der Waals surface area contributed by atoms with Crippen LogP contribution in [0.2, 0.25) is 0 Å². The molecule has 2 rings (SSSR count). The molecule has 0 heterocycles. The van der Waals surface area contributed by atoms with E-state index in [2.05, 4.69) is 21.2 Å². The molecule has 0 radical (unpaired) electrons. The third kappa shape index (κ3) is 4.49. The monoisotopic (exact) mass is 341 g/mol. The van der Waals surface area contributed by atoms with E-state index >= 15 is 0 Å². The zero-order valence-corrected chi connectivity index (χ0v) is 13.5. The highest BCUT2D eigenvalue weighted by Gasteiger charge is 2.21. The number of hydrogen-bond donors (Lipinski definition) is 1.